The summed E-state index contributed by atoms with van der Waals surface area (Å²) in [5.74, 6) is 0. The molecule has 0 radical (unpaired) electrons. The van der Waals surface area contributed by atoms with Gasteiger partial charge in [-0.1, -0.05) is 26.1 Å². The standard InChI is InChI=1S/C14H20N2OS/c1-14(2)11(8-12(14)17-3)16-10-6-4-9(5-7-10)13(15)18/h4-7,11-12,16H,8H2,1-3H3,(H2,15,18). The zero-order chi connectivity index (χ0) is 13.3. The molecule has 1 fully saturated rings. The third-order valence-electron chi connectivity index (χ3n) is 3.97. The van der Waals surface area contributed by atoms with Gasteiger partial charge in [0.05, 0.1) is 6.10 Å². The Bertz CT molecular complexity index is 442. The van der Waals surface area contributed by atoms with Crippen molar-refractivity contribution in [1.29, 1.82) is 0 Å². The number of rotatable bonds is 4. The summed E-state index contributed by atoms with van der Waals surface area (Å²) in [6, 6.07) is 8.38. The van der Waals surface area contributed by atoms with Crippen LogP contribution in [0.25, 0.3) is 0 Å². The zero-order valence-corrected chi connectivity index (χ0v) is 11.9. The molecule has 0 aliphatic heterocycles. The quantitative estimate of drug-likeness (QED) is 0.821. The Morgan fingerprint density at radius 1 is 1.39 bits per heavy atom. The highest BCUT2D eigenvalue weighted by molar-refractivity contribution is 7.80. The Labute approximate surface area is 114 Å². The fourth-order valence-corrected chi connectivity index (χ4v) is 2.60. The van der Waals surface area contributed by atoms with Crippen LogP contribution in [0.4, 0.5) is 5.69 Å². The highest BCUT2D eigenvalue weighted by Crippen LogP contribution is 2.43. The van der Waals surface area contributed by atoms with Gasteiger partial charge in [-0.05, 0) is 30.7 Å². The minimum atomic E-state index is 0.163. The molecule has 98 valence electrons. The summed E-state index contributed by atoms with van der Waals surface area (Å²) in [5.41, 5.74) is 7.74. The van der Waals surface area contributed by atoms with Gasteiger partial charge in [0.15, 0.2) is 0 Å². The first-order chi connectivity index (χ1) is 8.45. The van der Waals surface area contributed by atoms with E-state index in [2.05, 4.69) is 19.2 Å². The largest absolute Gasteiger partial charge is 0.389 e. The summed E-state index contributed by atoms with van der Waals surface area (Å²) in [6.07, 6.45) is 1.38. The summed E-state index contributed by atoms with van der Waals surface area (Å²) in [6.45, 7) is 4.46. The number of anilines is 1. The second-order valence-corrected chi connectivity index (χ2v) is 5.86. The molecule has 2 atom stereocenters. The number of hydrogen-bond donors (Lipinski definition) is 2. The van der Waals surface area contributed by atoms with Gasteiger partial charge < -0.3 is 15.8 Å². The van der Waals surface area contributed by atoms with Crippen molar-refractivity contribution in [2.45, 2.75) is 32.4 Å². The van der Waals surface area contributed by atoms with Gasteiger partial charge in [0.1, 0.15) is 4.99 Å². The summed E-state index contributed by atoms with van der Waals surface area (Å²) >= 11 is 4.94. The van der Waals surface area contributed by atoms with E-state index in [1.165, 1.54) is 0 Å². The fourth-order valence-electron chi connectivity index (χ4n) is 2.46. The van der Waals surface area contributed by atoms with Crippen LogP contribution in [0, 0.1) is 5.41 Å². The molecule has 0 bridgehead atoms. The van der Waals surface area contributed by atoms with E-state index in [1.54, 1.807) is 7.11 Å². The predicted octanol–water partition coefficient (Wildman–Crippen LogP) is 2.55. The Balaban J connectivity index is 2.01. The monoisotopic (exact) mass is 264 g/mol. The predicted molar refractivity (Wildman–Crippen MR) is 78.9 cm³/mol. The lowest BCUT2D eigenvalue weighted by atomic mass is 9.64. The third-order valence-corrected chi connectivity index (χ3v) is 4.21. The van der Waals surface area contributed by atoms with Gasteiger partial charge in [-0.25, -0.2) is 0 Å². The van der Waals surface area contributed by atoms with E-state index < -0.39 is 0 Å². The molecule has 1 saturated carbocycles. The molecular formula is C14H20N2OS. The van der Waals surface area contributed by atoms with E-state index >= 15 is 0 Å². The number of thiocarbonyl (C=S) groups is 1. The van der Waals surface area contributed by atoms with Gasteiger partial charge in [0.2, 0.25) is 0 Å². The second kappa shape index (κ2) is 4.86. The van der Waals surface area contributed by atoms with Crippen LogP contribution in [-0.4, -0.2) is 24.2 Å². The highest BCUT2D eigenvalue weighted by Gasteiger charge is 2.48. The van der Waals surface area contributed by atoms with Crippen molar-refractivity contribution in [2.75, 3.05) is 12.4 Å². The van der Waals surface area contributed by atoms with Crippen LogP contribution >= 0.6 is 12.2 Å². The maximum Gasteiger partial charge on any atom is 0.103 e. The minimum absolute atomic E-state index is 0.163. The molecule has 0 heterocycles. The second-order valence-electron chi connectivity index (χ2n) is 5.42. The number of ether oxygens (including phenoxy) is 1. The number of nitrogens with two attached hydrogens (primary N) is 1. The summed E-state index contributed by atoms with van der Waals surface area (Å²) in [7, 11) is 1.78. The van der Waals surface area contributed by atoms with Gasteiger partial charge in [-0.2, -0.15) is 0 Å². The van der Waals surface area contributed by atoms with Crippen LogP contribution in [0.1, 0.15) is 25.8 Å². The van der Waals surface area contributed by atoms with E-state index in [-0.39, 0.29) is 5.41 Å². The molecule has 2 unspecified atom stereocenters. The van der Waals surface area contributed by atoms with E-state index in [1.807, 2.05) is 24.3 Å². The summed E-state index contributed by atoms with van der Waals surface area (Å²) < 4.78 is 5.45. The van der Waals surface area contributed by atoms with Crippen molar-refractivity contribution >= 4 is 22.9 Å². The minimum Gasteiger partial charge on any atom is -0.389 e. The van der Waals surface area contributed by atoms with Gasteiger partial charge in [0.25, 0.3) is 0 Å². The lowest BCUT2D eigenvalue weighted by Crippen LogP contribution is -2.57. The molecule has 0 saturated heterocycles. The van der Waals surface area contributed by atoms with Gasteiger partial charge in [0, 0.05) is 29.8 Å². The molecule has 1 aliphatic carbocycles. The molecule has 0 amide bonds. The molecule has 4 heteroatoms. The maximum atomic E-state index is 5.58. The smallest absolute Gasteiger partial charge is 0.103 e. The SMILES string of the molecule is COC1CC(Nc2ccc(C(N)=S)cc2)C1(C)C. The molecule has 1 aromatic carbocycles. The van der Waals surface area contributed by atoms with Crippen LogP contribution in [0.15, 0.2) is 24.3 Å². The van der Waals surface area contributed by atoms with Crippen LogP contribution < -0.4 is 11.1 Å². The molecule has 0 aromatic heterocycles. The van der Waals surface area contributed by atoms with Crippen molar-refractivity contribution in [3.8, 4) is 0 Å². The third kappa shape index (κ3) is 2.35. The number of methoxy groups -OCH3 is 1. The fraction of sp³-hybridized carbons (Fsp3) is 0.500. The van der Waals surface area contributed by atoms with E-state index in [4.69, 9.17) is 22.7 Å². The van der Waals surface area contributed by atoms with Crippen molar-refractivity contribution in [3.63, 3.8) is 0 Å². The molecule has 1 aliphatic rings. The van der Waals surface area contributed by atoms with Crippen molar-refractivity contribution < 1.29 is 4.74 Å². The molecule has 3 nitrogen and oxygen atoms in total. The van der Waals surface area contributed by atoms with Gasteiger partial charge in [-0.15, -0.1) is 0 Å². The van der Waals surface area contributed by atoms with Crippen molar-refractivity contribution in [2.24, 2.45) is 11.1 Å². The van der Waals surface area contributed by atoms with Crippen LogP contribution in [0.2, 0.25) is 0 Å². The maximum absolute atomic E-state index is 5.58. The summed E-state index contributed by atoms with van der Waals surface area (Å²) in [4.78, 5) is 0.435. The van der Waals surface area contributed by atoms with Gasteiger partial charge in [-0.3, -0.25) is 0 Å². The van der Waals surface area contributed by atoms with Crippen LogP contribution in [0.3, 0.4) is 0 Å². The zero-order valence-electron chi connectivity index (χ0n) is 11.1. The first kappa shape index (κ1) is 13.3. The van der Waals surface area contributed by atoms with E-state index in [0.717, 1.165) is 17.7 Å². The Morgan fingerprint density at radius 2 is 2.00 bits per heavy atom. The van der Waals surface area contributed by atoms with E-state index in [9.17, 15) is 0 Å². The first-order valence-electron chi connectivity index (χ1n) is 6.14. The molecule has 18 heavy (non-hydrogen) atoms. The molecular weight excluding hydrogens is 244 g/mol. The van der Waals surface area contributed by atoms with Crippen molar-refractivity contribution in [3.05, 3.63) is 29.8 Å². The number of hydrogen-bond acceptors (Lipinski definition) is 3. The number of nitrogens with one attached hydrogen (secondary N) is 1. The molecule has 3 N–H and O–H groups in total. The first-order valence-corrected chi connectivity index (χ1v) is 6.55. The summed E-state index contributed by atoms with van der Waals surface area (Å²) in [5, 5.41) is 3.53. The van der Waals surface area contributed by atoms with Crippen molar-refractivity contribution in [1.82, 2.24) is 0 Å². The van der Waals surface area contributed by atoms with E-state index in [0.29, 0.717) is 17.1 Å². The number of benzene rings is 1. The average molecular weight is 264 g/mol. The van der Waals surface area contributed by atoms with Gasteiger partial charge >= 0.3 is 0 Å². The normalized spacial score (nSPS) is 25.3. The lowest BCUT2D eigenvalue weighted by molar-refractivity contribution is -0.0794. The van der Waals surface area contributed by atoms with Crippen LogP contribution in [0.5, 0.6) is 0 Å². The molecule has 2 rings (SSSR count). The van der Waals surface area contributed by atoms with Crippen LogP contribution in [-0.2, 0) is 4.74 Å². The molecule has 0 spiro atoms. The average Bonchev–Trinajstić information content (AvgIpc) is 2.34. The Kier molecular flexibility index (Phi) is 3.59. The Morgan fingerprint density at radius 3 is 2.44 bits per heavy atom. The Hall–Kier alpha value is -1.13. The highest BCUT2D eigenvalue weighted by atomic mass is 32.1. The molecule has 1 aromatic rings. The lowest BCUT2D eigenvalue weighted by Gasteiger charge is -2.51. The topological polar surface area (TPSA) is 47.3 Å².